The molecule has 2 rings (SSSR count). The van der Waals surface area contributed by atoms with E-state index in [1.54, 1.807) is 6.92 Å². The number of rotatable bonds is 2. The number of hydrogen-bond acceptors (Lipinski definition) is 4. The van der Waals surface area contributed by atoms with Gasteiger partial charge in [0.1, 0.15) is 5.56 Å². The molecular weight excluding hydrogens is 286 g/mol. The van der Waals surface area contributed by atoms with Crippen molar-refractivity contribution in [1.82, 2.24) is 4.90 Å². The number of carbonyl (C=O) groups excluding carboxylic acids is 1. The van der Waals surface area contributed by atoms with Gasteiger partial charge in [-0.2, -0.15) is 0 Å². The van der Waals surface area contributed by atoms with Gasteiger partial charge < -0.3 is 10.0 Å². The highest BCUT2D eigenvalue weighted by Crippen LogP contribution is 2.27. The second-order valence-corrected chi connectivity index (χ2v) is 5.33. The molecule has 0 aromatic heterocycles. The molecule has 1 N–H and O–H groups in total. The summed E-state index contributed by atoms with van der Waals surface area (Å²) in [7, 11) is 0. The first-order chi connectivity index (χ1) is 9.71. The smallest absolute Gasteiger partial charge is 0.285 e. The fraction of sp³-hybridized carbons (Fsp3) is 0.462. The van der Waals surface area contributed by atoms with Gasteiger partial charge in [-0.05, 0) is 25.8 Å². The summed E-state index contributed by atoms with van der Waals surface area (Å²) >= 11 is 0. The van der Waals surface area contributed by atoms with Gasteiger partial charge >= 0.3 is 0 Å². The minimum atomic E-state index is -1.38. The van der Waals surface area contributed by atoms with Gasteiger partial charge in [-0.15, -0.1) is 0 Å². The first kappa shape index (κ1) is 15.3. The van der Waals surface area contributed by atoms with Crippen molar-refractivity contribution in [2.45, 2.75) is 25.4 Å². The SMILES string of the molecule is CC1(O)CCN(C(=O)c2cc(F)c(F)cc2[N+](=O)[O-])CC1. The van der Waals surface area contributed by atoms with Crippen molar-refractivity contribution in [3.05, 3.63) is 39.4 Å². The Morgan fingerprint density at radius 2 is 1.86 bits per heavy atom. The van der Waals surface area contributed by atoms with Gasteiger partial charge in [0.15, 0.2) is 11.6 Å². The first-order valence-electron chi connectivity index (χ1n) is 6.36. The number of halogens is 2. The summed E-state index contributed by atoms with van der Waals surface area (Å²) in [6, 6.07) is 0.950. The fourth-order valence-electron chi connectivity index (χ4n) is 2.22. The Bertz CT molecular complexity index is 594. The molecule has 0 saturated carbocycles. The number of nitro groups is 1. The Hall–Kier alpha value is -2.09. The van der Waals surface area contributed by atoms with Crippen LogP contribution in [0.5, 0.6) is 0 Å². The fourth-order valence-corrected chi connectivity index (χ4v) is 2.22. The van der Waals surface area contributed by atoms with Crippen molar-refractivity contribution in [1.29, 1.82) is 0 Å². The number of carbonyl (C=O) groups is 1. The van der Waals surface area contributed by atoms with E-state index in [-0.39, 0.29) is 13.1 Å². The van der Waals surface area contributed by atoms with E-state index in [0.717, 1.165) is 0 Å². The van der Waals surface area contributed by atoms with E-state index in [1.807, 2.05) is 0 Å². The van der Waals surface area contributed by atoms with Gasteiger partial charge in [0, 0.05) is 13.1 Å². The molecule has 6 nitrogen and oxygen atoms in total. The summed E-state index contributed by atoms with van der Waals surface area (Å²) in [5.74, 6) is -3.43. The zero-order valence-corrected chi connectivity index (χ0v) is 11.3. The summed E-state index contributed by atoms with van der Waals surface area (Å²) in [6.45, 7) is 2.03. The zero-order valence-electron chi connectivity index (χ0n) is 11.3. The Morgan fingerprint density at radius 1 is 1.33 bits per heavy atom. The second-order valence-electron chi connectivity index (χ2n) is 5.33. The molecule has 1 aromatic rings. The van der Waals surface area contributed by atoms with Crippen LogP contribution in [0.1, 0.15) is 30.1 Å². The van der Waals surface area contributed by atoms with Gasteiger partial charge in [-0.1, -0.05) is 0 Å². The van der Waals surface area contributed by atoms with Crippen LogP contribution in [0.4, 0.5) is 14.5 Å². The van der Waals surface area contributed by atoms with Crippen LogP contribution >= 0.6 is 0 Å². The quantitative estimate of drug-likeness (QED) is 0.667. The third-order valence-electron chi connectivity index (χ3n) is 3.59. The lowest BCUT2D eigenvalue weighted by Crippen LogP contribution is -2.45. The lowest BCUT2D eigenvalue weighted by molar-refractivity contribution is -0.385. The van der Waals surface area contributed by atoms with Crippen LogP contribution in [0.2, 0.25) is 0 Å². The molecule has 0 bridgehead atoms. The Kier molecular flexibility index (Phi) is 3.91. The third-order valence-corrected chi connectivity index (χ3v) is 3.59. The maximum absolute atomic E-state index is 13.3. The maximum Gasteiger partial charge on any atom is 0.285 e. The molecule has 0 radical (unpaired) electrons. The summed E-state index contributed by atoms with van der Waals surface area (Å²) < 4.78 is 26.4. The predicted molar refractivity (Wildman–Crippen MR) is 68.8 cm³/mol. The van der Waals surface area contributed by atoms with E-state index >= 15 is 0 Å². The molecule has 1 fully saturated rings. The minimum absolute atomic E-state index is 0.196. The number of likely N-dealkylation sites (tertiary alicyclic amines) is 1. The molecule has 0 spiro atoms. The minimum Gasteiger partial charge on any atom is -0.390 e. The lowest BCUT2D eigenvalue weighted by Gasteiger charge is -2.35. The standard InChI is InChI=1S/C13H14F2N2O4/c1-13(19)2-4-16(5-3-13)12(18)8-6-9(14)10(15)7-11(8)17(20)21/h6-7,19H,2-5H2,1H3. The highest BCUT2D eigenvalue weighted by Gasteiger charge is 2.33. The number of hydrogen-bond donors (Lipinski definition) is 1. The normalized spacial score (nSPS) is 17.6. The summed E-state index contributed by atoms with van der Waals surface area (Å²) in [6.07, 6.45) is 0.631. The van der Waals surface area contributed by atoms with Crippen LogP contribution in [-0.2, 0) is 0 Å². The molecule has 1 heterocycles. The van der Waals surface area contributed by atoms with Crippen LogP contribution in [0.15, 0.2) is 12.1 Å². The molecule has 0 aliphatic carbocycles. The monoisotopic (exact) mass is 300 g/mol. The predicted octanol–water partition coefficient (Wildman–Crippen LogP) is 1.86. The van der Waals surface area contributed by atoms with Crippen LogP contribution in [0.3, 0.4) is 0 Å². The molecule has 1 saturated heterocycles. The molecular formula is C13H14F2N2O4. The molecule has 0 unspecified atom stereocenters. The van der Waals surface area contributed by atoms with E-state index in [9.17, 15) is 28.8 Å². The van der Waals surface area contributed by atoms with Crippen LogP contribution in [-0.4, -0.2) is 39.5 Å². The van der Waals surface area contributed by atoms with Crippen LogP contribution < -0.4 is 0 Å². The average Bonchev–Trinajstić information content (AvgIpc) is 2.40. The number of nitrogens with zero attached hydrogens (tertiary/aromatic N) is 2. The number of amides is 1. The molecule has 8 heteroatoms. The summed E-state index contributed by atoms with van der Waals surface area (Å²) in [4.78, 5) is 23.5. The average molecular weight is 300 g/mol. The van der Waals surface area contributed by atoms with Gasteiger partial charge in [-0.25, -0.2) is 8.78 Å². The second kappa shape index (κ2) is 5.36. The molecule has 1 aromatic carbocycles. The van der Waals surface area contributed by atoms with E-state index in [4.69, 9.17) is 0 Å². The van der Waals surface area contributed by atoms with E-state index in [1.165, 1.54) is 4.90 Å². The first-order valence-corrected chi connectivity index (χ1v) is 6.36. The van der Waals surface area contributed by atoms with Crippen molar-refractivity contribution >= 4 is 11.6 Å². The number of benzene rings is 1. The maximum atomic E-state index is 13.3. The molecule has 0 atom stereocenters. The Morgan fingerprint density at radius 3 is 2.38 bits per heavy atom. The molecule has 21 heavy (non-hydrogen) atoms. The largest absolute Gasteiger partial charge is 0.390 e. The number of aliphatic hydroxyl groups is 1. The Balaban J connectivity index is 2.31. The highest BCUT2D eigenvalue weighted by molar-refractivity contribution is 5.98. The number of piperidine rings is 1. The zero-order chi connectivity index (χ0) is 15.8. The third kappa shape index (κ3) is 3.15. The highest BCUT2D eigenvalue weighted by atomic mass is 19.2. The van der Waals surface area contributed by atoms with E-state index < -0.39 is 39.3 Å². The molecule has 114 valence electrons. The van der Waals surface area contributed by atoms with Crippen LogP contribution in [0, 0.1) is 21.7 Å². The van der Waals surface area contributed by atoms with Crippen molar-refractivity contribution in [3.8, 4) is 0 Å². The van der Waals surface area contributed by atoms with Crippen molar-refractivity contribution in [2.24, 2.45) is 0 Å². The van der Waals surface area contributed by atoms with Gasteiger partial charge in [0.25, 0.3) is 11.6 Å². The molecule has 1 aliphatic heterocycles. The summed E-state index contributed by atoms with van der Waals surface area (Å²) in [5.41, 5.74) is -2.15. The lowest BCUT2D eigenvalue weighted by atomic mass is 9.93. The number of nitro benzene ring substituents is 1. The van der Waals surface area contributed by atoms with Crippen LogP contribution in [0.25, 0.3) is 0 Å². The van der Waals surface area contributed by atoms with E-state index in [2.05, 4.69) is 0 Å². The topological polar surface area (TPSA) is 83.7 Å². The summed E-state index contributed by atoms with van der Waals surface area (Å²) in [5, 5.41) is 20.7. The Labute approximate surface area is 119 Å². The van der Waals surface area contributed by atoms with E-state index in [0.29, 0.717) is 25.0 Å². The molecule has 1 aliphatic rings. The molecule has 1 amide bonds. The van der Waals surface area contributed by atoms with Gasteiger partial charge in [0.2, 0.25) is 0 Å². The van der Waals surface area contributed by atoms with Gasteiger partial charge in [0.05, 0.1) is 16.6 Å². The van der Waals surface area contributed by atoms with Crippen molar-refractivity contribution < 1.29 is 23.6 Å². The van der Waals surface area contributed by atoms with Crippen molar-refractivity contribution in [2.75, 3.05) is 13.1 Å². The van der Waals surface area contributed by atoms with Gasteiger partial charge in [-0.3, -0.25) is 14.9 Å². The van der Waals surface area contributed by atoms with Crippen molar-refractivity contribution in [3.63, 3.8) is 0 Å².